The van der Waals surface area contributed by atoms with E-state index in [1.54, 1.807) is 12.1 Å². The minimum Gasteiger partial charge on any atom is -0.294 e. The normalized spacial score (nSPS) is 10.1. The van der Waals surface area contributed by atoms with E-state index < -0.39 is 4.92 Å². The maximum atomic E-state index is 11.5. The van der Waals surface area contributed by atoms with Crippen molar-refractivity contribution < 1.29 is 9.72 Å². The lowest BCUT2D eigenvalue weighted by Crippen LogP contribution is -2.02. The van der Waals surface area contributed by atoms with Crippen molar-refractivity contribution in [2.24, 2.45) is 0 Å². The first-order chi connectivity index (χ1) is 7.60. The largest absolute Gasteiger partial charge is 0.294 e. The standard InChI is InChI=1S/C11H12ClNO3/c1-2-8-3-4-9(11(14)5-6-12)7-10(8)13(15)16/h3-4,7H,2,5-6H2,1H3. The molecular formula is C11H12ClNO3. The maximum absolute atomic E-state index is 11.5. The number of nitro groups is 1. The summed E-state index contributed by atoms with van der Waals surface area (Å²) in [7, 11) is 0. The van der Waals surface area contributed by atoms with Crippen LogP contribution in [0.15, 0.2) is 18.2 Å². The van der Waals surface area contributed by atoms with Crippen molar-refractivity contribution in [3.8, 4) is 0 Å². The number of halogens is 1. The molecule has 1 aromatic carbocycles. The summed E-state index contributed by atoms with van der Waals surface area (Å²) in [5.41, 5.74) is 0.986. The summed E-state index contributed by atoms with van der Waals surface area (Å²) in [5, 5.41) is 10.8. The van der Waals surface area contributed by atoms with Crippen LogP contribution < -0.4 is 0 Å². The van der Waals surface area contributed by atoms with Crippen LogP contribution in [-0.4, -0.2) is 16.6 Å². The molecule has 5 heteroatoms. The van der Waals surface area contributed by atoms with Crippen molar-refractivity contribution in [2.45, 2.75) is 19.8 Å². The highest BCUT2D eigenvalue weighted by Crippen LogP contribution is 2.21. The Morgan fingerprint density at radius 2 is 2.19 bits per heavy atom. The van der Waals surface area contributed by atoms with Crippen molar-refractivity contribution in [1.29, 1.82) is 0 Å². The molecule has 0 radical (unpaired) electrons. The van der Waals surface area contributed by atoms with Gasteiger partial charge in [0.1, 0.15) is 0 Å². The van der Waals surface area contributed by atoms with Crippen LogP contribution in [0, 0.1) is 10.1 Å². The number of aryl methyl sites for hydroxylation is 1. The van der Waals surface area contributed by atoms with E-state index in [9.17, 15) is 14.9 Å². The van der Waals surface area contributed by atoms with E-state index in [0.717, 1.165) is 0 Å². The predicted molar refractivity (Wildman–Crippen MR) is 62.1 cm³/mol. The lowest BCUT2D eigenvalue weighted by atomic mass is 10.0. The zero-order chi connectivity index (χ0) is 12.1. The third-order valence-electron chi connectivity index (χ3n) is 2.31. The lowest BCUT2D eigenvalue weighted by Gasteiger charge is -2.02. The van der Waals surface area contributed by atoms with Crippen LogP contribution in [0.1, 0.15) is 29.3 Å². The van der Waals surface area contributed by atoms with Gasteiger partial charge in [0.25, 0.3) is 5.69 Å². The topological polar surface area (TPSA) is 60.2 Å². The average molecular weight is 242 g/mol. The molecule has 0 aliphatic carbocycles. The Morgan fingerprint density at radius 1 is 1.50 bits per heavy atom. The van der Waals surface area contributed by atoms with Gasteiger partial charge in [-0.15, -0.1) is 11.6 Å². The first-order valence-electron chi connectivity index (χ1n) is 4.96. The molecule has 0 aliphatic heterocycles. The van der Waals surface area contributed by atoms with Gasteiger partial charge in [-0.1, -0.05) is 19.1 Å². The molecule has 16 heavy (non-hydrogen) atoms. The number of carbonyl (C=O) groups excluding carboxylic acids is 1. The number of benzene rings is 1. The molecule has 0 N–H and O–H groups in total. The van der Waals surface area contributed by atoms with Crippen LogP contribution in [0.5, 0.6) is 0 Å². The summed E-state index contributed by atoms with van der Waals surface area (Å²) in [6, 6.07) is 4.56. The smallest absolute Gasteiger partial charge is 0.273 e. The highest BCUT2D eigenvalue weighted by Gasteiger charge is 2.15. The molecule has 0 atom stereocenters. The van der Waals surface area contributed by atoms with E-state index in [4.69, 9.17) is 11.6 Å². The van der Waals surface area contributed by atoms with Crippen LogP contribution in [0.3, 0.4) is 0 Å². The molecular weight excluding hydrogens is 230 g/mol. The van der Waals surface area contributed by atoms with Crippen molar-refractivity contribution in [3.05, 3.63) is 39.4 Å². The van der Waals surface area contributed by atoms with Gasteiger partial charge < -0.3 is 0 Å². The van der Waals surface area contributed by atoms with Crippen LogP contribution >= 0.6 is 11.6 Å². The Bertz CT molecular complexity index is 418. The molecule has 0 bridgehead atoms. The van der Waals surface area contributed by atoms with E-state index in [-0.39, 0.29) is 23.8 Å². The Hall–Kier alpha value is -1.42. The van der Waals surface area contributed by atoms with Gasteiger partial charge >= 0.3 is 0 Å². The summed E-state index contributed by atoms with van der Waals surface area (Å²) < 4.78 is 0. The van der Waals surface area contributed by atoms with Gasteiger partial charge in [0.05, 0.1) is 4.92 Å². The molecule has 0 saturated carbocycles. The second-order valence-electron chi connectivity index (χ2n) is 3.32. The third-order valence-corrected chi connectivity index (χ3v) is 2.50. The van der Waals surface area contributed by atoms with E-state index in [2.05, 4.69) is 0 Å². The predicted octanol–water partition coefficient (Wildman–Crippen LogP) is 2.97. The highest BCUT2D eigenvalue weighted by molar-refractivity contribution is 6.19. The van der Waals surface area contributed by atoms with Gasteiger partial charge in [0.2, 0.25) is 0 Å². The van der Waals surface area contributed by atoms with Gasteiger partial charge in [-0.2, -0.15) is 0 Å². The SMILES string of the molecule is CCc1ccc(C(=O)CCCl)cc1[N+](=O)[O-]. The Morgan fingerprint density at radius 3 is 2.69 bits per heavy atom. The molecule has 0 unspecified atom stereocenters. The molecule has 0 aliphatic rings. The van der Waals surface area contributed by atoms with Crippen molar-refractivity contribution in [1.82, 2.24) is 0 Å². The van der Waals surface area contributed by atoms with Gasteiger partial charge in [-0.05, 0) is 6.42 Å². The Kier molecular flexibility index (Phi) is 4.43. The van der Waals surface area contributed by atoms with E-state index >= 15 is 0 Å². The zero-order valence-corrected chi connectivity index (χ0v) is 9.66. The molecule has 0 saturated heterocycles. The van der Waals surface area contributed by atoms with E-state index in [1.165, 1.54) is 6.07 Å². The van der Waals surface area contributed by atoms with Crippen molar-refractivity contribution >= 4 is 23.1 Å². The fourth-order valence-electron chi connectivity index (χ4n) is 1.44. The summed E-state index contributed by atoms with van der Waals surface area (Å²) >= 11 is 5.45. The van der Waals surface area contributed by atoms with Crippen molar-refractivity contribution in [2.75, 3.05) is 5.88 Å². The molecule has 0 fully saturated rings. The number of rotatable bonds is 5. The Labute approximate surface area is 98.4 Å². The van der Waals surface area contributed by atoms with Crippen LogP contribution in [-0.2, 0) is 6.42 Å². The first kappa shape index (κ1) is 12.6. The molecule has 0 heterocycles. The summed E-state index contributed by atoms with van der Waals surface area (Å²) in [6.07, 6.45) is 0.768. The number of alkyl halides is 1. The molecule has 0 amide bonds. The zero-order valence-electron chi connectivity index (χ0n) is 8.90. The van der Waals surface area contributed by atoms with Crippen LogP contribution in [0.25, 0.3) is 0 Å². The van der Waals surface area contributed by atoms with Gasteiger partial charge in [-0.3, -0.25) is 14.9 Å². The second kappa shape index (κ2) is 5.61. The first-order valence-corrected chi connectivity index (χ1v) is 5.50. The molecule has 1 aromatic rings. The van der Waals surface area contributed by atoms with Crippen LogP contribution in [0.4, 0.5) is 5.69 Å². The van der Waals surface area contributed by atoms with Crippen LogP contribution in [0.2, 0.25) is 0 Å². The minimum absolute atomic E-state index is 0.00271. The quantitative estimate of drug-likeness (QED) is 0.345. The summed E-state index contributed by atoms with van der Waals surface area (Å²) in [6.45, 7) is 1.84. The van der Waals surface area contributed by atoms with Gasteiger partial charge in [0, 0.05) is 29.5 Å². The fraction of sp³-hybridized carbons (Fsp3) is 0.364. The molecule has 0 aromatic heterocycles. The molecule has 0 spiro atoms. The average Bonchev–Trinajstić information content (AvgIpc) is 2.28. The number of nitro benzene ring substituents is 1. The summed E-state index contributed by atoms with van der Waals surface area (Å²) in [4.78, 5) is 21.8. The number of hydrogen-bond acceptors (Lipinski definition) is 3. The molecule has 1 rings (SSSR count). The summed E-state index contributed by atoms with van der Waals surface area (Å²) in [5.74, 6) is 0.0584. The maximum Gasteiger partial charge on any atom is 0.273 e. The molecule has 86 valence electrons. The number of carbonyl (C=O) groups is 1. The molecule has 4 nitrogen and oxygen atoms in total. The third kappa shape index (κ3) is 2.79. The van der Waals surface area contributed by atoms with E-state index in [0.29, 0.717) is 17.5 Å². The number of nitrogens with zero attached hydrogens (tertiary/aromatic N) is 1. The van der Waals surface area contributed by atoms with E-state index in [1.807, 2.05) is 6.92 Å². The monoisotopic (exact) mass is 241 g/mol. The Balaban J connectivity index is 3.11. The number of ketones is 1. The fourth-order valence-corrected chi connectivity index (χ4v) is 1.61. The van der Waals surface area contributed by atoms with Gasteiger partial charge in [-0.25, -0.2) is 0 Å². The second-order valence-corrected chi connectivity index (χ2v) is 3.69. The highest BCUT2D eigenvalue weighted by atomic mass is 35.5. The minimum atomic E-state index is -0.462. The van der Waals surface area contributed by atoms with Crippen molar-refractivity contribution in [3.63, 3.8) is 0 Å². The van der Waals surface area contributed by atoms with Gasteiger partial charge in [0.15, 0.2) is 5.78 Å². The number of hydrogen-bond donors (Lipinski definition) is 0. The number of Topliss-reactive ketones (excluding diaryl/α,β-unsaturated/α-hetero) is 1. The lowest BCUT2D eigenvalue weighted by molar-refractivity contribution is -0.385.